The summed E-state index contributed by atoms with van der Waals surface area (Å²) in [5.74, 6) is 0.927. The SMILES string of the molecule is C=CCNS(=O)(=O)Cc1ccc(NC(=O)/C=C/c2cc(OC)c(OC)c(OC)c2)cc1. The number of ether oxygens (including phenoxy) is 3. The molecule has 0 aliphatic heterocycles. The van der Waals surface area contributed by atoms with E-state index in [1.807, 2.05) is 0 Å². The van der Waals surface area contributed by atoms with E-state index in [0.29, 0.717) is 34.1 Å². The molecule has 31 heavy (non-hydrogen) atoms. The Kier molecular flexibility index (Phi) is 8.65. The number of hydrogen-bond acceptors (Lipinski definition) is 6. The Labute approximate surface area is 182 Å². The summed E-state index contributed by atoms with van der Waals surface area (Å²) >= 11 is 0. The van der Waals surface area contributed by atoms with E-state index in [1.165, 1.54) is 33.5 Å². The smallest absolute Gasteiger partial charge is 0.248 e. The van der Waals surface area contributed by atoms with Gasteiger partial charge in [-0.15, -0.1) is 6.58 Å². The first kappa shape index (κ1) is 24.0. The van der Waals surface area contributed by atoms with Crippen molar-refractivity contribution in [2.75, 3.05) is 33.2 Å². The molecule has 0 heterocycles. The molecule has 0 atom stereocenters. The quantitative estimate of drug-likeness (QED) is 0.406. The zero-order valence-electron chi connectivity index (χ0n) is 17.7. The number of amides is 1. The molecule has 0 saturated heterocycles. The Morgan fingerprint density at radius 2 is 1.65 bits per heavy atom. The number of rotatable bonds is 11. The molecule has 0 aromatic heterocycles. The van der Waals surface area contributed by atoms with E-state index in [-0.39, 0.29) is 18.2 Å². The van der Waals surface area contributed by atoms with E-state index in [9.17, 15) is 13.2 Å². The predicted octanol–water partition coefficient (Wildman–Crippen LogP) is 2.97. The highest BCUT2D eigenvalue weighted by Crippen LogP contribution is 2.38. The van der Waals surface area contributed by atoms with Crippen LogP contribution in [0.4, 0.5) is 5.69 Å². The lowest BCUT2D eigenvalue weighted by Gasteiger charge is -2.12. The zero-order valence-corrected chi connectivity index (χ0v) is 18.5. The maximum absolute atomic E-state index is 12.2. The summed E-state index contributed by atoms with van der Waals surface area (Å²) in [6.07, 6.45) is 4.46. The Morgan fingerprint density at radius 3 is 2.16 bits per heavy atom. The van der Waals surface area contributed by atoms with Gasteiger partial charge in [-0.1, -0.05) is 18.2 Å². The molecule has 2 N–H and O–H groups in total. The van der Waals surface area contributed by atoms with E-state index in [2.05, 4.69) is 16.6 Å². The molecule has 1 amide bonds. The zero-order chi connectivity index (χ0) is 22.9. The molecular weight excluding hydrogens is 420 g/mol. The molecule has 0 aliphatic carbocycles. The molecule has 2 rings (SSSR count). The maximum Gasteiger partial charge on any atom is 0.248 e. The monoisotopic (exact) mass is 446 g/mol. The molecule has 2 aromatic rings. The van der Waals surface area contributed by atoms with Gasteiger partial charge in [0.2, 0.25) is 21.7 Å². The molecule has 0 saturated carbocycles. The lowest BCUT2D eigenvalue weighted by molar-refractivity contribution is -0.111. The van der Waals surface area contributed by atoms with E-state index in [0.717, 1.165) is 0 Å². The minimum atomic E-state index is -3.44. The first-order valence-corrected chi connectivity index (χ1v) is 10.9. The molecule has 0 spiro atoms. The Hall–Kier alpha value is -3.30. The number of sulfonamides is 1. The van der Waals surface area contributed by atoms with Gasteiger partial charge < -0.3 is 19.5 Å². The van der Waals surface area contributed by atoms with Crippen LogP contribution in [-0.4, -0.2) is 42.2 Å². The number of carbonyl (C=O) groups excluding carboxylic acids is 1. The van der Waals surface area contributed by atoms with Crippen LogP contribution in [0.3, 0.4) is 0 Å². The fraction of sp³-hybridized carbons (Fsp3) is 0.227. The van der Waals surface area contributed by atoms with Gasteiger partial charge in [-0.3, -0.25) is 4.79 Å². The van der Waals surface area contributed by atoms with Gasteiger partial charge in [0.15, 0.2) is 11.5 Å². The highest BCUT2D eigenvalue weighted by molar-refractivity contribution is 7.88. The maximum atomic E-state index is 12.2. The number of nitrogens with one attached hydrogen (secondary N) is 2. The van der Waals surface area contributed by atoms with Gasteiger partial charge in [-0.25, -0.2) is 13.1 Å². The van der Waals surface area contributed by atoms with Crippen LogP contribution in [0.2, 0.25) is 0 Å². The highest BCUT2D eigenvalue weighted by atomic mass is 32.2. The summed E-state index contributed by atoms with van der Waals surface area (Å²) in [4.78, 5) is 12.2. The normalized spacial score (nSPS) is 11.2. The van der Waals surface area contributed by atoms with E-state index < -0.39 is 10.0 Å². The second kappa shape index (κ2) is 11.2. The van der Waals surface area contributed by atoms with Crippen LogP contribution in [0, 0.1) is 0 Å². The fourth-order valence-electron chi connectivity index (χ4n) is 2.69. The van der Waals surface area contributed by atoms with Crippen molar-refractivity contribution in [2.45, 2.75) is 5.75 Å². The largest absolute Gasteiger partial charge is 0.493 e. The molecule has 0 unspecified atom stereocenters. The molecule has 0 aliphatic rings. The third kappa shape index (κ3) is 7.16. The van der Waals surface area contributed by atoms with Gasteiger partial charge in [0, 0.05) is 18.3 Å². The highest BCUT2D eigenvalue weighted by Gasteiger charge is 2.12. The van der Waals surface area contributed by atoms with Crippen molar-refractivity contribution in [3.63, 3.8) is 0 Å². The van der Waals surface area contributed by atoms with Crippen LogP contribution in [0.5, 0.6) is 17.2 Å². The number of anilines is 1. The van der Waals surface area contributed by atoms with Crippen LogP contribution in [0.1, 0.15) is 11.1 Å². The van der Waals surface area contributed by atoms with Gasteiger partial charge >= 0.3 is 0 Å². The standard InChI is InChI=1S/C22H26N2O6S/c1-5-12-23-31(26,27)15-16-6-9-18(10-7-16)24-21(25)11-8-17-13-19(28-2)22(30-4)20(14-17)29-3/h5-11,13-14,23H,1,12,15H2,2-4H3,(H,24,25)/b11-8+. The van der Waals surface area contributed by atoms with Crippen molar-refractivity contribution in [3.05, 3.63) is 66.3 Å². The lowest BCUT2D eigenvalue weighted by Crippen LogP contribution is -2.25. The molecule has 166 valence electrons. The fourth-order valence-corrected chi connectivity index (χ4v) is 3.80. The van der Waals surface area contributed by atoms with Crippen LogP contribution in [0.25, 0.3) is 6.08 Å². The molecule has 0 fully saturated rings. The minimum Gasteiger partial charge on any atom is -0.493 e. The van der Waals surface area contributed by atoms with Crippen LogP contribution < -0.4 is 24.2 Å². The summed E-state index contributed by atoms with van der Waals surface area (Å²) in [5.41, 5.74) is 1.83. The second-order valence-corrected chi connectivity index (χ2v) is 8.18. The van der Waals surface area contributed by atoms with Crippen LogP contribution >= 0.6 is 0 Å². The molecule has 0 bridgehead atoms. The first-order chi connectivity index (χ1) is 14.8. The molecule has 2 aromatic carbocycles. The number of carbonyl (C=O) groups is 1. The number of hydrogen-bond donors (Lipinski definition) is 2. The summed E-state index contributed by atoms with van der Waals surface area (Å²) in [6.45, 7) is 3.65. The third-order valence-corrected chi connectivity index (χ3v) is 5.46. The van der Waals surface area contributed by atoms with E-state index in [1.54, 1.807) is 42.5 Å². The number of benzene rings is 2. The Morgan fingerprint density at radius 1 is 1.03 bits per heavy atom. The minimum absolute atomic E-state index is 0.157. The van der Waals surface area contributed by atoms with Gasteiger partial charge in [0.1, 0.15) is 0 Å². The summed E-state index contributed by atoms with van der Waals surface area (Å²) in [7, 11) is 1.11. The van der Waals surface area contributed by atoms with Crippen LogP contribution in [-0.2, 0) is 20.6 Å². The lowest BCUT2D eigenvalue weighted by atomic mass is 10.1. The van der Waals surface area contributed by atoms with Crippen LogP contribution in [0.15, 0.2) is 55.1 Å². The van der Waals surface area contributed by atoms with Gasteiger partial charge in [-0.2, -0.15) is 0 Å². The predicted molar refractivity (Wildman–Crippen MR) is 121 cm³/mol. The average Bonchev–Trinajstić information content (AvgIpc) is 2.76. The number of methoxy groups -OCH3 is 3. The van der Waals surface area contributed by atoms with E-state index in [4.69, 9.17) is 14.2 Å². The molecule has 9 heteroatoms. The summed E-state index contributed by atoms with van der Waals surface area (Å²) in [5, 5.41) is 2.72. The Balaban J connectivity index is 2.04. The van der Waals surface area contributed by atoms with Crippen molar-refractivity contribution in [1.29, 1.82) is 0 Å². The van der Waals surface area contributed by atoms with Gasteiger partial charge in [0.05, 0.1) is 27.1 Å². The molecule has 8 nitrogen and oxygen atoms in total. The van der Waals surface area contributed by atoms with Crippen molar-refractivity contribution in [3.8, 4) is 17.2 Å². The second-order valence-electron chi connectivity index (χ2n) is 6.37. The van der Waals surface area contributed by atoms with Gasteiger partial charge in [0.25, 0.3) is 0 Å². The average molecular weight is 447 g/mol. The van der Waals surface area contributed by atoms with Crippen molar-refractivity contribution in [1.82, 2.24) is 4.72 Å². The molecular formula is C22H26N2O6S. The topological polar surface area (TPSA) is 103 Å². The van der Waals surface area contributed by atoms with Crippen molar-refractivity contribution >= 4 is 27.7 Å². The van der Waals surface area contributed by atoms with E-state index >= 15 is 0 Å². The molecule has 0 radical (unpaired) electrons. The summed E-state index contributed by atoms with van der Waals surface area (Å²) < 4.78 is 42.1. The summed E-state index contributed by atoms with van der Waals surface area (Å²) in [6, 6.07) is 10.0. The first-order valence-electron chi connectivity index (χ1n) is 9.28. The third-order valence-electron chi connectivity index (χ3n) is 4.14. The Bertz CT molecular complexity index is 1020. The van der Waals surface area contributed by atoms with Crippen molar-refractivity contribution in [2.24, 2.45) is 0 Å². The van der Waals surface area contributed by atoms with Crippen molar-refractivity contribution < 1.29 is 27.4 Å². The van der Waals surface area contributed by atoms with Gasteiger partial charge in [-0.05, 0) is 41.5 Å².